The van der Waals surface area contributed by atoms with Gasteiger partial charge in [0.05, 0.1) is 7.85 Å². The van der Waals surface area contributed by atoms with Crippen molar-refractivity contribution in [1.29, 1.82) is 0 Å². The topological polar surface area (TPSA) is 35.1 Å². The lowest BCUT2D eigenvalue weighted by atomic mass is 10.0. The number of nitrogens with one attached hydrogen (secondary N) is 1. The first-order chi connectivity index (χ1) is 4.34. The average molecular weight is 159 g/mol. The third-order valence-electron chi connectivity index (χ3n) is 0.849. The summed E-state index contributed by atoms with van der Waals surface area (Å²) in [4.78, 5) is 0. The molecule has 0 saturated heterocycles. The molecule has 0 aromatic carbocycles. The molecule has 0 rings (SSSR count). The summed E-state index contributed by atoms with van der Waals surface area (Å²) in [5, 5.41) is 0. The van der Waals surface area contributed by atoms with Crippen LogP contribution in [0.1, 0.15) is 27.7 Å². The third kappa shape index (κ3) is 4.20. The van der Waals surface area contributed by atoms with Crippen molar-refractivity contribution in [2.24, 2.45) is 0 Å². The highest BCUT2D eigenvalue weighted by Gasteiger charge is 2.26. The molecule has 2 unspecified atom stereocenters. The van der Waals surface area contributed by atoms with E-state index in [1.165, 1.54) is 0 Å². The van der Waals surface area contributed by atoms with Gasteiger partial charge in [0, 0.05) is 17.3 Å². The van der Waals surface area contributed by atoms with Crippen molar-refractivity contribution in [3.05, 3.63) is 0 Å². The summed E-state index contributed by atoms with van der Waals surface area (Å²) in [6.07, 6.45) is 0. The minimum Gasteiger partial charge on any atom is -0.598 e. The molecular formula is C6H14BNOS. The summed E-state index contributed by atoms with van der Waals surface area (Å²) < 4.78 is 13.7. The molecule has 58 valence electrons. The maximum Gasteiger partial charge on any atom is 0.136 e. The van der Waals surface area contributed by atoms with E-state index in [2.05, 4.69) is 4.72 Å². The molecular weight excluding hydrogens is 145 g/mol. The molecule has 0 aliphatic carbocycles. The Balaban J connectivity index is 3.73. The molecule has 2 atom stereocenters. The van der Waals surface area contributed by atoms with Crippen molar-refractivity contribution < 1.29 is 4.55 Å². The van der Waals surface area contributed by atoms with E-state index in [9.17, 15) is 4.55 Å². The molecule has 10 heavy (non-hydrogen) atoms. The summed E-state index contributed by atoms with van der Waals surface area (Å²) in [5.41, 5.74) is 0. The minimum absolute atomic E-state index is 0.208. The lowest BCUT2D eigenvalue weighted by Crippen LogP contribution is -2.43. The Morgan fingerprint density at radius 1 is 1.50 bits per heavy atom. The summed E-state index contributed by atoms with van der Waals surface area (Å²) in [5.74, 6) is -0.208. The normalized spacial score (nSPS) is 18.5. The van der Waals surface area contributed by atoms with Crippen LogP contribution in [-0.4, -0.2) is 23.1 Å². The van der Waals surface area contributed by atoms with E-state index < -0.39 is 11.4 Å². The summed E-state index contributed by atoms with van der Waals surface area (Å²) in [7, 11) is 5.39. The molecule has 0 aromatic rings. The van der Waals surface area contributed by atoms with Crippen LogP contribution < -0.4 is 4.72 Å². The van der Waals surface area contributed by atoms with Crippen LogP contribution in [0.2, 0.25) is 0 Å². The van der Waals surface area contributed by atoms with Gasteiger partial charge in [0.25, 0.3) is 0 Å². The second-order valence-electron chi connectivity index (χ2n) is 3.29. The van der Waals surface area contributed by atoms with Gasteiger partial charge in [-0.15, -0.1) is 4.72 Å². The van der Waals surface area contributed by atoms with Crippen LogP contribution in [0.4, 0.5) is 0 Å². The first-order valence-electron chi connectivity index (χ1n) is 3.27. The fourth-order valence-electron chi connectivity index (χ4n) is 0.346. The zero-order chi connectivity index (χ0) is 8.36. The molecule has 0 aliphatic rings. The number of hydrogen-bond acceptors (Lipinski definition) is 2. The van der Waals surface area contributed by atoms with Crippen LogP contribution in [0, 0.1) is 0 Å². The van der Waals surface area contributed by atoms with Gasteiger partial charge in [0.15, 0.2) is 0 Å². The maximum absolute atomic E-state index is 11.2. The van der Waals surface area contributed by atoms with Gasteiger partial charge in [-0.2, -0.15) is 0 Å². The van der Waals surface area contributed by atoms with E-state index in [1.807, 2.05) is 20.8 Å². The Hall–Kier alpha value is 0.335. The van der Waals surface area contributed by atoms with E-state index >= 15 is 0 Å². The second kappa shape index (κ2) is 3.65. The first kappa shape index (κ1) is 10.3. The molecule has 1 N–H and O–H groups in total. The smallest absolute Gasteiger partial charge is 0.136 e. The molecule has 2 radical (unpaired) electrons. The molecule has 0 spiro atoms. The molecule has 0 amide bonds. The van der Waals surface area contributed by atoms with Gasteiger partial charge < -0.3 is 4.55 Å². The predicted octanol–water partition coefficient (Wildman–Crippen LogP) is 0.553. The van der Waals surface area contributed by atoms with Crippen molar-refractivity contribution in [1.82, 2.24) is 4.72 Å². The zero-order valence-electron chi connectivity index (χ0n) is 6.97. The van der Waals surface area contributed by atoms with E-state index in [-0.39, 0.29) is 10.7 Å². The SMILES string of the molecule is [B]C(C)N[S+]([O-])C(C)(C)C. The summed E-state index contributed by atoms with van der Waals surface area (Å²) >= 11 is -1.04. The molecule has 0 aromatic heterocycles. The Bertz CT molecular complexity index is 102. The predicted molar refractivity (Wildman–Crippen MR) is 46.2 cm³/mol. The highest BCUT2D eigenvalue weighted by molar-refractivity contribution is 7.90. The van der Waals surface area contributed by atoms with Gasteiger partial charge >= 0.3 is 0 Å². The molecule has 0 saturated carbocycles. The van der Waals surface area contributed by atoms with Crippen molar-refractivity contribution in [2.75, 3.05) is 0 Å². The molecule has 4 heteroatoms. The van der Waals surface area contributed by atoms with E-state index in [4.69, 9.17) is 7.85 Å². The highest BCUT2D eigenvalue weighted by Crippen LogP contribution is 2.12. The Labute approximate surface area is 67.5 Å². The second-order valence-corrected chi connectivity index (χ2v) is 5.29. The average Bonchev–Trinajstić information content (AvgIpc) is 1.60. The molecule has 0 bridgehead atoms. The molecule has 0 aliphatic heterocycles. The van der Waals surface area contributed by atoms with Gasteiger partial charge in [-0.05, 0) is 20.8 Å². The Kier molecular flexibility index (Phi) is 3.77. The largest absolute Gasteiger partial charge is 0.598 e. The van der Waals surface area contributed by atoms with Crippen LogP contribution in [0.5, 0.6) is 0 Å². The van der Waals surface area contributed by atoms with E-state index in [1.54, 1.807) is 6.92 Å². The lowest BCUT2D eigenvalue weighted by Gasteiger charge is -2.25. The van der Waals surface area contributed by atoms with Crippen molar-refractivity contribution in [2.45, 2.75) is 38.4 Å². The fraction of sp³-hybridized carbons (Fsp3) is 1.00. The Morgan fingerprint density at radius 3 is 2.00 bits per heavy atom. The van der Waals surface area contributed by atoms with Gasteiger partial charge in [0.1, 0.15) is 4.75 Å². The fourth-order valence-corrected chi connectivity index (χ4v) is 1.04. The molecule has 0 fully saturated rings. The summed E-state index contributed by atoms with van der Waals surface area (Å²) in [6, 6.07) is 0. The first-order valence-corrected chi connectivity index (χ1v) is 4.42. The van der Waals surface area contributed by atoms with Crippen LogP contribution >= 0.6 is 0 Å². The number of rotatable bonds is 2. The molecule has 2 nitrogen and oxygen atoms in total. The zero-order valence-corrected chi connectivity index (χ0v) is 7.79. The van der Waals surface area contributed by atoms with E-state index in [0.29, 0.717) is 0 Å². The van der Waals surface area contributed by atoms with Crippen LogP contribution in [-0.2, 0) is 11.4 Å². The van der Waals surface area contributed by atoms with Crippen LogP contribution in [0.15, 0.2) is 0 Å². The maximum atomic E-state index is 11.2. The third-order valence-corrected chi connectivity index (χ3v) is 2.55. The molecule has 0 heterocycles. The highest BCUT2D eigenvalue weighted by atomic mass is 32.2. The quantitative estimate of drug-likeness (QED) is 0.471. The van der Waals surface area contributed by atoms with Gasteiger partial charge in [0.2, 0.25) is 0 Å². The van der Waals surface area contributed by atoms with Crippen LogP contribution in [0.25, 0.3) is 0 Å². The van der Waals surface area contributed by atoms with Crippen molar-refractivity contribution >= 4 is 19.2 Å². The van der Waals surface area contributed by atoms with Crippen molar-refractivity contribution in [3.63, 3.8) is 0 Å². The van der Waals surface area contributed by atoms with E-state index in [0.717, 1.165) is 0 Å². The summed E-state index contributed by atoms with van der Waals surface area (Å²) in [6.45, 7) is 7.47. The van der Waals surface area contributed by atoms with Gasteiger partial charge in [-0.1, -0.05) is 6.92 Å². The van der Waals surface area contributed by atoms with Crippen molar-refractivity contribution in [3.8, 4) is 0 Å². The number of hydrogen-bond donors (Lipinski definition) is 1. The van der Waals surface area contributed by atoms with Crippen LogP contribution in [0.3, 0.4) is 0 Å². The standard InChI is InChI=1S/C6H14BNOS/c1-5(7)8-10(9)6(2,3)4/h5,8H,1-4H3. The minimum atomic E-state index is -1.04. The monoisotopic (exact) mass is 159 g/mol. The lowest BCUT2D eigenvalue weighted by molar-refractivity contribution is 0.543. The van der Waals surface area contributed by atoms with Gasteiger partial charge in [-0.3, -0.25) is 0 Å². The van der Waals surface area contributed by atoms with Gasteiger partial charge in [-0.25, -0.2) is 0 Å². The Morgan fingerprint density at radius 2 is 1.90 bits per heavy atom.